The van der Waals surface area contributed by atoms with Gasteiger partial charge in [-0.2, -0.15) is 4.39 Å². The Bertz CT molecular complexity index is 753. The van der Waals surface area contributed by atoms with Crippen LogP contribution in [0.3, 0.4) is 0 Å². The van der Waals surface area contributed by atoms with Crippen LogP contribution in [0.1, 0.15) is 23.7 Å². The highest BCUT2D eigenvalue weighted by atomic mass is 32.2. The molecule has 0 bridgehead atoms. The molecule has 0 saturated carbocycles. The molecular formula is C14H14FNO4S2. The highest BCUT2D eigenvalue weighted by Crippen LogP contribution is 2.23. The summed E-state index contributed by atoms with van der Waals surface area (Å²) in [5.41, 5.74) is 0.611. The minimum absolute atomic E-state index is 0.114. The molecule has 0 amide bonds. The Morgan fingerprint density at radius 1 is 1.23 bits per heavy atom. The van der Waals surface area contributed by atoms with Gasteiger partial charge in [0.1, 0.15) is 4.21 Å². The summed E-state index contributed by atoms with van der Waals surface area (Å²) in [6, 6.07) is 8.11. The number of ether oxygens (including phenoxy) is 1. The molecule has 0 radical (unpaired) electrons. The van der Waals surface area contributed by atoms with Crippen molar-refractivity contribution in [3.63, 3.8) is 0 Å². The lowest BCUT2D eigenvalue weighted by atomic mass is 10.2. The van der Waals surface area contributed by atoms with Crippen molar-refractivity contribution in [2.24, 2.45) is 0 Å². The van der Waals surface area contributed by atoms with Crippen molar-refractivity contribution in [3.8, 4) is 0 Å². The predicted octanol–water partition coefficient (Wildman–Crippen LogP) is 3.25. The molecule has 0 unspecified atom stereocenters. The Balaban J connectivity index is 2.09. The van der Waals surface area contributed by atoms with Gasteiger partial charge in [-0.3, -0.25) is 4.72 Å². The summed E-state index contributed by atoms with van der Waals surface area (Å²) in [7, 11) is -3.83. The van der Waals surface area contributed by atoms with Gasteiger partial charge in [-0.15, -0.1) is 0 Å². The SMILES string of the molecule is CCCOC(=O)c1ccc(NS(=O)(=O)c2ccc(F)s2)cc1. The molecule has 5 nitrogen and oxygen atoms in total. The number of rotatable bonds is 6. The fraction of sp³-hybridized carbons (Fsp3) is 0.214. The Labute approximate surface area is 131 Å². The van der Waals surface area contributed by atoms with E-state index in [-0.39, 0.29) is 9.90 Å². The minimum Gasteiger partial charge on any atom is -0.462 e. The van der Waals surface area contributed by atoms with Gasteiger partial charge in [0, 0.05) is 5.69 Å². The van der Waals surface area contributed by atoms with Gasteiger partial charge >= 0.3 is 5.97 Å². The summed E-state index contributed by atoms with van der Waals surface area (Å²) in [6.07, 6.45) is 0.723. The van der Waals surface area contributed by atoms with Crippen LogP contribution in [-0.4, -0.2) is 21.0 Å². The van der Waals surface area contributed by atoms with Crippen LogP contribution < -0.4 is 4.72 Å². The zero-order chi connectivity index (χ0) is 16.2. The van der Waals surface area contributed by atoms with Gasteiger partial charge in [0.2, 0.25) is 0 Å². The summed E-state index contributed by atoms with van der Waals surface area (Å²) >= 11 is 0.540. The van der Waals surface area contributed by atoms with E-state index in [1.54, 1.807) is 0 Å². The number of nitrogens with one attached hydrogen (secondary N) is 1. The van der Waals surface area contributed by atoms with Gasteiger partial charge in [-0.25, -0.2) is 13.2 Å². The molecule has 8 heteroatoms. The number of carbonyl (C=O) groups excluding carboxylic acids is 1. The van der Waals surface area contributed by atoms with Gasteiger partial charge in [0.05, 0.1) is 12.2 Å². The summed E-state index contributed by atoms with van der Waals surface area (Å²) in [5.74, 6) is -0.461. The third-order valence-electron chi connectivity index (χ3n) is 2.62. The summed E-state index contributed by atoms with van der Waals surface area (Å²) in [6.45, 7) is 2.22. The largest absolute Gasteiger partial charge is 0.462 e. The summed E-state index contributed by atoms with van der Waals surface area (Å²) < 4.78 is 44.1. The second kappa shape index (κ2) is 6.89. The van der Waals surface area contributed by atoms with Gasteiger partial charge in [0.15, 0.2) is 5.13 Å². The molecule has 0 aliphatic heterocycles. The Morgan fingerprint density at radius 3 is 2.45 bits per heavy atom. The summed E-state index contributed by atoms with van der Waals surface area (Å²) in [4.78, 5) is 11.6. The predicted molar refractivity (Wildman–Crippen MR) is 82.1 cm³/mol. The van der Waals surface area contributed by atoms with Gasteiger partial charge < -0.3 is 4.74 Å². The highest BCUT2D eigenvalue weighted by molar-refractivity contribution is 7.94. The maximum absolute atomic E-state index is 12.9. The first-order valence-corrected chi connectivity index (χ1v) is 8.77. The normalized spacial score (nSPS) is 11.2. The Morgan fingerprint density at radius 2 is 1.91 bits per heavy atom. The van der Waals surface area contributed by atoms with E-state index in [1.165, 1.54) is 30.3 Å². The van der Waals surface area contributed by atoms with E-state index in [0.717, 1.165) is 12.5 Å². The maximum atomic E-state index is 12.9. The monoisotopic (exact) mass is 343 g/mol. The molecule has 0 atom stereocenters. The molecule has 1 heterocycles. The van der Waals surface area contributed by atoms with Crippen LogP contribution in [0, 0.1) is 5.13 Å². The molecule has 0 saturated heterocycles. The van der Waals surface area contributed by atoms with E-state index in [0.29, 0.717) is 23.5 Å². The number of sulfonamides is 1. The molecule has 2 rings (SSSR count). The van der Waals surface area contributed by atoms with Crippen LogP contribution in [0.4, 0.5) is 10.1 Å². The summed E-state index contributed by atoms with van der Waals surface area (Å²) in [5, 5.41) is -0.575. The zero-order valence-electron chi connectivity index (χ0n) is 11.7. The molecule has 1 aromatic heterocycles. The third-order valence-corrected chi connectivity index (χ3v) is 5.37. The first-order chi connectivity index (χ1) is 10.4. The van der Waals surface area contributed by atoms with Crippen molar-refractivity contribution in [1.29, 1.82) is 0 Å². The lowest BCUT2D eigenvalue weighted by molar-refractivity contribution is 0.0505. The average Bonchev–Trinajstić information content (AvgIpc) is 2.92. The van der Waals surface area contributed by atoms with Crippen LogP contribution in [0.25, 0.3) is 0 Å². The van der Waals surface area contributed by atoms with Crippen LogP contribution in [0.2, 0.25) is 0 Å². The van der Waals surface area contributed by atoms with E-state index in [2.05, 4.69) is 4.72 Å². The fourth-order valence-corrected chi connectivity index (χ4v) is 3.66. The van der Waals surface area contributed by atoms with Crippen molar-refractivity contribution < 1.29 is 22.3 Å². The van der Waals surface area contributed by atoms with Crippen molar-refractivity contribution in [1.82, 2.24) is 0 Å². The first-order valence-electron chi connectivity index (χ1n) is 6.47. The number of esters is 1. The van der Waals surface area contributed by atoms with Gasteiger partial charge in [-0.1, -0.05) is 18.3 Å². The zero-order valence-corrected chi connectivity index (χ0v) is 13.3. The number of halogens is 1. The quantitative estimate of drug-likeness (QED) is 0.817. The molecule has 118 valence electrons. The van der Waals surface area contributed by atoms with E-state index in [4.69, 9.17) is 4.74 Å². The van der Waals surface area contributed by atoms with Crippen LogP contribution in [0.5, 0.6) is 0 Å². The Kier molecular flexibility index (Phi) is 5.15. The molecule has 0 fully saturated rings. The van der Waals surface area contributed by atoms with E-state index in [9.17, 15) is 17.6 Å². The highest BCUT2D eigenvalue weighted by Gasteiger charge is 2.17. The molecule has 0 aliphatic carbocycles. The number of hydrogen-bond donors (Lipinski definition) is 1. The lowest BCUT2D eigenvalue weighted by Crippen LogP contribution is -2.12. The molecular weight excluding hydrogens is 329 g/mol. The van der Waals surface area contributed by atoms with Crippen LogP contribution in [-0.2, 0) is 14.8 Å². The number of anilines is 1. The van der Waals surface area contributed by atoms with Crippen molar-refractivity contribution >= 4 is 33.0 Å². The lowest BCUT2D eigenvalue weighted by Gasteiger charge is -2.07. The van der Waals surface area contributed by atoms with E-state index >= 15 is 0 Å². The fourth-order valence-electron chi connectivity index (χ4n) is 1.60. The number of carbonyl (C=O) groups is 1. The minimum atomic E-state index is -3.83. The van der Waals surface area contributed by atoms with E-state index in [1.807, 2.05) is 6.92 Å². The Hall–Kier alpha value is -1.93. The van der Waals surface area contributed by atoms with Crippen molar-refractivity contribution in [3.05, 3.63) is 47.1 Å². The van der Waals surface area contributed by atoms with Crippen LogP contribution >= 0.6 is 11.3 Å². The molecule has 1 N–H and O–H groups in total. The van der Waals surface area contributed by atoms with Gasteiger partial charge in [0.25, 0.3) is 10.0 Å². The number of benzene rings is 1. The molecule has 2 aromatic rings. The second-order valence-corrected chi connectivity index (χ2v) is 7.32. The van der Waals surface area contributed by atoms with Crippen molar-refractivity contribution in [2.75, 3.05) is 11.3 Å². The molecule has 0 spiro atoms. The van der Waals surface area contributed by atoms with E-state index < -0.39 is 21.1 Å². The van der Waals surface area contributed by atoms with Crippen LogP contribution in [0.15, 0.2) is 40.6 Å². The number of thiophene rings is 1. The maximum Gasteiger partial charge on any atom is 0.338 e. The third kappa shape index (κ3) is 4.05. The molecule has 0 aliphatic rings. The average molecular weight is 343 g/mol. The van der Waals surface area contributed by atoms with Crippen molar-refractivity contribution in [2.45, 2.75) is 17.6 Å². The standard InChI is InChI=1S/C14H14FNO4S2/c1-2-9-20-14(17)10-3-5-11(6-4-10)16-22(18,19)13-8-7-12(15)21-13/h3-8,16H,2,9H2,1H3. The number of hydrogen-bond acceptors (Lipinski definition) is 5. The topological polar surface area (TPSA) is 72.5 Å². The second-order valence-electron chi connectivity index (χ2n) is 4.38. The molecule has 1 aromatic carbocycles. The first kappa shape index (κ1) is 16.4. The molecule has 22 heavy (non-hydrogen) atoms. The van der Waals surface area contributed by atoms with Gasteiger partial charge in [-0.05, 0) is 42.8 Å². The smallest absolute Gasteiger partial charge is 0.338 e.